The molecule has 0 atom stereocenters. The van der Waals surface area contributed by atoms with Crippen LogP contribution in [0, 0.1) is 0 Å². The number of hydrogen-bond donors (Lipinski definition) is 1. The van der Waals surface area contributed by atoms with Gasteiger partial charge in [0.2, 0.25) is 0 Å². The minimum Gasteiger partial charge on any atom is -0.396 e. The van der Waals surface area contributed by atoms with Gasteiger partial charge in [-0.15, -0.1) is 0 Å². The van der Waals surface area contributed by atoms with Gasteiger partial charge < -0.3 is 9.94 Å². The maximum Gasteiger partial charge on any atom is 0.120 e. The van der Waals surface area contributed by atoms with E-state index in [-0.39, 0.29) is 6.61 Å². The van der Waals surface area contributed by atoms with Crippen LogP contribution in [0.3, 0.4) is 0 Å². The zero-order valence-electron chi connectivity index (χ0n) is 9.04. The molecule has 3 nitrogen and oxygen atoms in total. The molecule has 0 unspecified atom stereocenters. The first-order valence-corrected chi connectivity index (χ1v) is 5.40. The number of aliphatic hydroxyl groups excluding tert-OH is 1. The number of hydroxylamine groups is 1. The van der Waals surface area contributed by atoms with Crippen molar-refractivity contribution in [2.75, 3.05) is 11.7 Å². The molecule has 0 aromatic heterocycles. The molecule has 1 aromatic rings. The van der Waals surface area contributed by atoms with Crippen molar-refractivity contribution in [3.05, 3.63) is 54.4 Å². The quantitative estimate of drug-likeness (QED) is 0.841. The number of nitrogens with zero attached hydrogens (tertiary/aromatic N) is 1. The second-order valence-electron chi connectivity index (χ2n) is 3.55. The van der Waals surface area contributed by atoms with Gasteiger partial charge in [-0.3, -0.25) is 0 Å². The highest BCUT2D eigenvalue weighted by molar-refractivity contribution is 5.50. The largest absolute Gasteiger partial charge is 0.396 e. The lowest BCUT2D eigenvalue weighted by Crippen LogP contribution is -2.22. The number of anilines is 1. The molecule has 16 heavy (non-hydrogen) atoms. The van der Waals surface area contributed by atoms with E-state index in [2.05, 4.69) is 0 Å². The molecule has 1 aliphatic heterocycles. The summed E-state index contributed by atoms with van der Waals surface area (Å²) < 4.78 is 0. The van der Waals surface area contributed by atoms with Crippen molar-refractivity contribution in [2.24, 2.45) is 0 Å². The first-order chi connectivity index (χ1) is 7.92. The molecular weight excluding hydrogens is 202 g/mol. The van der Waals surface area contributed by atoms with Crippen molar-refractivity contribution in [1.29, 1.82) is 0 Å². The minimum atomic E-state index is 0.198. The van der Waals surface area contributed by atoms with Gasteiger partial charge in [0, 0.05) is 6.61 Å². The SMILES string of the molecule is OCCCC1=CC=CON1c1ccccc1. The number of aliphatic hydroxyl groups is 1. The van der Waals surface area contributed by atoms with E-state index in [9.17, 15) is 0 Å². The fraction of sp³-hybridized carbons (Fsp3) is 0.231. The van der Waals surface area contributed by atoms with Crippen molar-refractivity contribution in [1.82, 2.24) is 0 Å². The molecule has 0 bridgehead atoms. The highest BCUT2D eigenvalue weighted by Crippen LogP contribution is 2.24. The van der Waals surface area contributed by atoms with Crippen LogP contribution in [0.4, 0.5) is 5.69 Å². The van der Waals surface area contributed by atoms with E-state index in [1.807, 2.05) is 42.5 Å². The third kappa shape index (κ3) is 2.44. The molecular formula is C13H15NO2. The van der Waals surface area contributed by atoms with Gasteiger partial charge in [-0.05, 0) is 37.1 Å². The zero-order valence-corrected chi connectivity index (χ0v) is 9.04. The van der Waals surface area contributed by atoms with E-state index < -0.39 is 0 Å². The molecule has 1 aliphatic rings. The van der Waals surface area contributed by atoms with E-state index in [0.29, 0.717) is 0 Å². The van der Waals surface area contributed by atoms with Gasteiger partial charge >= 0.3 is 0 Å². The molecule has 0 radical (unpaired) electrons. The lowest BCUT2D eigenvalue weighted by Gasteiger charge is -2.27. The van der Waals surface area contributed by atoms with Crippen LogP contribution < -0.4 is 5.06 Å². The lowest BCUT2D eigenvalue weighted by atomic mass is 10.2. The normalized spacial score (nSPS) is 14.6. The Balaban J connectivity index is 2.14. The van der Waals surface area contributed by atoms with E-state index >= 15 is 0 Å². The second kappa shape index (κ2) is 5.37. The Morgan fingerprint density at radius 2 is 2.00 bits per heavy atom. The molecule has 0 aliphatic carbocycles. The Morgan fingerprint density at radius 1 is 1.19 bits per heavy atom. The van der Waals surface area contributed by atoms with Crippen molar-refractivity contribution >= 4 is 5.69 Å². The van der Waals surface area contributed by atoms with Gasteiger partial charge in [0.25, 0.3) is 0 Å². The molecule has 0 amide bonds. The van der Waals surface area contributed by atoms with Crippen LogP contribution in [0.5, 0.6) is 0 Å². The first-order valence-electron chi connectivity index (χ1n) is 5.40. The Bertz CT molecular complexity index is 384. The number of rotatable bonds is 4. The smallest absolute Gasteiger partial charge is 0.120 e. The van der Waals surface area contributed by atoms with Gasteiger partial charge in [0.05, 0.1) is 11.4 Å². The van der Waals surface area contributed by atoms with Gasteiger partial charge in [-0.1, -0.05) is 18.2 Å². The number of para-hydroxylation sites is 1. The Labute approximate surface area is 95.2 Å². The maximum absolute atomic E-state index is 8.85. The van der Waals surface area contributed by atoms with Crippen LogP contribution in [0.25, 0.3) is 0 Å². The highest BCUT2D eigenvalue weighted by Gasteiger charge is 2.13. The molecule has 1 heterocycles. The summed E-state index contributed by atoms with van der Waals surface area (Å²) in [5, 5.41) is 10.6. The summed E-state index contributed by atoms with van der Waals surface area (Å²) >= 11 is 0. The molecule has 1 N–H and O–H groups in total. The average molecular weight is 217 g/mol. The van der Waals surface area contributed by atoms with Crippen LogP contribution in [0.2, 0.25) is 0 Å². The van der Waals surface area contributed by atoms with Gasteiger partial charge in [-0.2, -0.15) is 5.06 Å². The van der Waals surface area contributed by atoms with Crippen molar-refractivity contribution < 1.29 is 9.94 Å². The molecule has 3 heteroatoms. The van der Waals surface area contributed by atoms with Crippen LogP contribution in [-0.4, -0.2) is 11.7 Å². The summed E-state index contributed by atoms with van der Waals surface area (Å²) in [6.45, 7) is 0.198. The molecule has 2 rings (SSSR count). The predicted molar refractivity (Wildman–Crippen MR) is 63.5 cm³/mol. The summed E-state index contributed by atoms with van der Waals surface area (Å²) in [6.07, 6.45) is 7.07. The Morgan fingerprint density at radius 3 is 2.75 bits per heavy atom. The zero-order chi connectivity index (χ0) is 11.2. The average Bonchev–Trinajstić information content (AvgIpc) is 2.38. The monoisotopic (exact) mass is 217 g/mol. The summed E-state index contributed by atoms with van der Waals surface area (Å²) in [5.41, 5.74) is 2.05. The summed E-state index contributed by atoms with van der Waals surface area (Å²) in [5.74, 6) is 0. The molecule has 0 fully saturated rings. The molecule has 0 spiro atoms. The summed E-state index contributed by atoms with van der Waals surface area (Å²) in [7, 11) is 0. The van der Waals surface area contributed by atoms with Crippen molar-refractivity contribution in [3.8, 4) is 0 Å². The third-order valence-electron chi connectivity index (χ3n) is 2.38. The first kappa shape index (κ1) is 10.8. The molecule has 0 saturated heterocycles. The van der Waals surface area contributed by atoms with E-state index in [0.717, 1.165) is 24.2 Å². The standard InChI is InChI=1S/C13H15NO2/c15-10-4-8-13-9-5-11-16-14(13)12-6-2-1-3-7-12/h1-3,5-7,9,11,15H,4,8,10H2. The van der Waals surface area contributed by atoms with Crippen LogP contribution in [-0.2, 0) is 4.84 Å². The van der Waals surface area contributed by atoms with Crippen molar-refractivity contribution in [2.45, 2.75) is 12.8 Å². The fourth-order valence-electron chi connectivity index (χ4n) is 1.62. The van der Waals surface area contributed by atoms with Crippen molar-refractivity contribution in [3.63, 3.8) is 0 Å². The fourth-order valence-corrected chi connectivity index (χ4v) is 1.62. The summed E-state index contributed by atoms with van der Waals surface area (Å²) in [6, 6.07) is 9.90. The minimum absolute atomic E-state index is 0.198. The third-order valence-corrected chi connectivity index (χ3v) is 2.38. The topological polar surface area (TPSA) is 32.7 Å². The van der Waals surface area contributed by atoms with Crippen LogP contribution in [0.15, 0.2) is 54.4 Å². The van der Waals surface area contributed by atoms with E-state index in [4.69, 9.17) is 9.94 Å². The molecule has 84 valence electrons. The molecule has 0 saturated carbocycles. The predicted octanol–water partition coefficient (Wildman–Crippen LogP) is 2.61. The highest BCUT2D eigenvalue weighted by atomic mass is 16.7. The van der Waals surface area contributed by atoms with Gasteiger partial charge in [-0.25, -0.2) is 0 Å². The van der Waals surface area contributed by atoms with E-state index in [1.165, 1.54) is 0 Å². The Kier molecular flexibility index (Phi) is 3.62. The Hall–Kier alpha value is -1.74. The summed E-state index contributed by atoms with van der Waals surface area (Å²) in [4.78, 5) is 5.48. The van der Waals surface area contributed by atoms with Gasteiger partial charge in [0.1, 0.15) is 6.26 Å². The lowest BCUT2D eigenvalue weighted by molar-refractivity contribution is 0.226. The van der Waals surface area contributed by atoms with Crippen LogP contribution in [0.1, 0.15) is 12.8 Å². The van der Waals surface area contributed by atoms with Gasteiger partial charge in [0.15, 0.2) is 0 Å². The second-order valence-corrected chi connectivity index (χ2v) is 3.55. The van der Waals surface area contributed by atoms with E-state index in [1.54, 1.807) is 11.3 Å². The number of benzene rings is 1. The maximum atomic E-state index is 8.85. The van der Waals surface area contributed by atoms with Crippen LogP contribution >= 0.6 is 0 Å². The number of allylic oxidation sites excluding steroid dienone is 3. The molecule has 1 aromatic carbocycles. The number of hydrogen-bond acceptors (Lipinski definition) is 3.